The summed E-state index contributed by atoms with van der Waals surface area (Å²) in [6, 6.07) is 10.1. The van der Waals surface area contributed by atoms with E-state index in [1.54, 1.807) is 0 Å². The summed E-state index contributed by atoms with van der Waals surface area (Å²) in [7, 11) is 0. The number of imide groups is 1. The maximum atomic E-state index is 12.4. The highest BCUT2D eigenvalue weighted by molar-refractivity contribution is 8.00. The summed E-state index contributed by atoms with van der Waals surface area (Å²) in [5, 5.41) is 2.90. The van der Waals surface area contributed by atoms with Crippen LogP contribution in [0.25, 0.3) is 0 Å². The smallest absolute Gasteiger partial charge is 0.230 e. The molecule has 2 saturated heterocycles. The maximum absolute atomic E-state index is 12.4. The van der Waals surface area contributed by atoms with Crippen LogP contribution in [0.1, 0.15) is 25.3 Å². The Morgan fingerprint density at radius 3 is 2.70 bits per heavy atom. The molecule has 20 heavy (non-hydrogen) atoms. The second-order valence-corrected chi connectivity index (χ2v) is 7.28. The van der Waals surface area contributed by atoms with Crippen molar-refractivity contribution in [2.45, 2.75) is 31.4 Å². The predicted molar refractivity (Wildman–Crippen MR) is 80.4 cm³/mol. The van der Waals surface area contributed by atoms with Gasteiger partial charge in [-0.2, -0.15) is 11.8 Å². The summed E-state index contributed by atoms with van der Waals surface area (Å²) in [6.45, 7) is 2.17. The minimum Gasteiger partial charge on any atom is -0.296 e. The molecule has 2 heterocycles. The minimum absolute atomic E-state index is 0.0838. The molecule has 3 unspecified atom stereocenters. The normalized spacial score (nSPS) is 33.5. The van der Waals surface area contributed by atoms with Gasteiger partial charge in [0.25, 0.3) is 0 Å². The van der Waals surface area contributed by atoms with E-state index in [1.807, 2.05) is 30.0 Å². The lowest BCUT2D eigenvalue weighted by Gasteiger charge is -2.42. The van der Waals surface area contributed by atoms with Crippen molar-refractivity contribution in [3.63, 3.8) is 0 Å². The van der Waals surface area contributed by atoms with Crippen molar-refractivity contribution in [1.29, 1.82) is 0 Å². The van der Waals surface area contributed by atoms with Crippen LogP contribution in [-0.4, -0.2) is 22.8 Å². The molecule has 0 aliphatic carbocycles. The second kappa shape index (κ2) is 5.24. The average molecular weight is 289 g/mol. The molecule has 0 bridgehead atoms. The number of nitrogens with one attached hydrogen (secondary N) is 1. The van der Waals surface area contributed by atoms with Crippen LogP contribution >= 0.6 is 11.8 Å². The van der Waals surface area contributed by atoms with Crippen LogP contribution in [0.3, 0.4) is 0 Å². The Morgan fingerprint density at radius 1 is 1.30 bits per heavy atom. The average Bonchev–Trinajstić information content (AvgIpc) is 2.77. The van der Waals surface area contributed by atoms with Crippen molar-refractivity contribution in [1.82, 2.24) is 5.32 Å². The fourth-order valence-corrected chi connectivity index (χ4v) is 5.13. The van der Waals surface area contributed by atoms with E-state index >= 15 is 0 Å². The highest BCUT2D eigenvalue weighted by atomic mass is 32.2. The summed E-state index contributed by atoms with van der Waals surface area (Å²) in [5.41, 5.74) is 1.02. The number of carbonyl (C=O) groups is 2. The summed E-state index contributed by atoms with van der Waals surface area (Å²) < 4.78 is 0. The molecule has 2 fully saturated rings. The number of benzene rings is 1. The van der Waals surface area contributed by atoms with Crippen LogP contribution in [0.4, 0.5) is 0 Å². The van der Waals surface area contributed by atoms with E-state index in [2.05, 4.69) is 24.4 Å². The number of thioether (sulfide) groups is 1. The Balaban J connectivity index is 1.92. The molecule has 3 nitrogen and oxygen atoms in total. The zero-order chi connectivity index (χ0) is 14.2. The predicted octanol–water partition coefficient (Wildman–Crippen LogP) is 2.40. The number of piperidine rings is 1. The molecule has 2 aliphatic heterocycles. The van der Waals surface area contributed by atoms with Gasteiger partial charge in [0.05, 0.1) is 0 Å². The zero-order valence-electron chi connectivity index (χ0n) is 11.6. The van der Waals surface area contributed by atoms with Gasteiger partial charge in [-0.3, -0.25) is 14.9 Å². The van der Waals surface area contributed by atoms with Gasteiger partial charge in [0.15, 0.2) is 0 Å². The fraction of sp³-hybridized carbons (Fsp3) is 0.500. The Labute approximate surface area is 123 Å². The first-order valence-electron chi connectivity index (χ1n) is 7.11. The Hall–Kier alpha value is -1.29. The molecule has 1 aromatic carbocycles. The second-order valence-electron chi connectivity index (χ2n) is 5.83. The molecule has 0 radical (unpaired) electrons. The van der Waals surface area contributed by atoms with Crippen LogP contribution in [0.2, 0.25) is 0 Å². The molecule has 1 N–H and O–H groups in total. The molecule has 4 heteroatoms. The van der Waals surface area contributed by atoms with Gasteiger partial charge in [0.1, 0.15) is 0 Å². The Morgan fingerprint density at radius 2 is 2.05 bits per heavy atom. The van der Waals surface area contributed by atoms with Crippen molar-refractivity contribution < 1.29 is 9.59 Å². The van der Waals surface area contributed by atoms with Crippen LogP contribution in [0, 0.1) is 11.3 Å². The molecule has 0 saturated carbocycles. The summed E-state index contributed by atoms with van der Waals surface area (Å²) in [6.07, 6.45) is 2.19. The van der Waals surface area contributed by atoms with E-state index < -0.39 is 0 Å². The fourth-order valence-electron chi connectivity index (χ4n) is 3.58. The molecule has 0 aromatic heterocycles. The number of hydrogen-bond donors (Lipinski definition) is 1. The third kappa shape index (κ3) is 2.26. The highest BCUT2D eigenvalue weighted by Gasteiger charge is 2.53. The minimum atomic E-state index is -0.153. The summed E-state index contributed by atoms with van der Waals surface area (Å²) in [5.74, 6) is 0.772. The molecule has 2 aliphatic rings. The molecular formula is C16H19NO2S. The van der Waals surface area contributed by atoms with Crippen molar-refractivity contribution >= 4 is 23.6 Å². The molecule has 1 aromatic rings. The van der Waals surface area contributed by atoms with E-state index in [1.165, 1.54) is 5.56 Å². The number of rotatable bonds is 2. The van der Waals surface area contributed by atoms with Gasteiger partial charge in [-0.15, -0.1) is 0 Å². The summed E-state index contributed by atoms with van der Waals surface area (Å²) >= 11 is 1.89. The SMILES string of the molecule is CC1SCCC12CC(=O)NC(=O)C2Cc1ccccc1. The third-order valence-electron chi connectivity index (χ3n) is 4.79. The van der Waals surface area contributed by atoms with Gasteiger partial charge >= 0.3 is 0 Å². The topological polar surface area (TPSA) is 46.2 Å². The lowest BCUT2D eigenvalue weighted by atomic mass is 9.64. The number of carbonyl (C=O) groups excluding carboxylic acids is 2. The molecular weight excluding hydrogens is 270 g/mol. The van der Waals surface area contributed by atoms with Crippen LogP contribution in [-0.2, 0) is 16.0 Å². The lowest BCUT2D eigenvalue weighted by molar-refractivity contribution is -0.143. The van der Waals surface area contributed by atoms with Crippen molar-refractivity contribution in [2.75, 3.05) is 5.75 Å². The van der Waals surface area contributed by atoms with Gasteiger partial charge in [0, 0.05) is 23.0 Å². The van der Waals surface area contributed by atoms with Crippen LogP contribution in [0.15, 0.2) is 30.3 Å². The number of hydrogen-bond acceptors (Lipinski definition) is 3. The van der Waals surface area contributed by atoms with E-state index in [0.29, 0.717) is 11.7 Å². The molecule has 1 spiro atoms. The standard InChI is InChI=1S/C16H19NO2S/c1-11-16(7-8-20-11)10-14(18)17-15(19)13(16)9-12-5-3-2-4-6-12/h2-6,11,13H,7-10H2,1H3,(H,17,18,19). The van der Waals surface area contributed by atoms with Crippen LogP contribution < -0.4 is 5.32 Å². The van der Waals surface area contributed by atoms with E-state index in [-0.39, 0.29) is 23.1 Å². The van der Waals surface area contributed by atoms with Gasteiger partial charge in [-0.25, -0.2) is 0 Å². The number of amides is 2. The summed E-state index contributed by atoms with van der Waals surface area (Å²) in [4.78, 5) is 24.2. The molecule has 3 rings (SSSR count). The Bertz CT molecular complexity index is 531. The first kappa shape index (κ1) is 13.7. The highest BCUT2D eigenvalue weighted by Crippen LogP contribution is 2.52. The monoisotopic (exact) mass is 289 g/mol. The zero-order valence-corrected chi connectivity index (χ0v) is 12.4. The van der Waals surface area contributed by atoms with Crippen LogP contribution in [0.5, 0.6) is 0 Å². The van der Waals surface area contributed by atoms with Gasteiger partial charge < -0.3 is 0 Å². The van der Waals surface area contributed by atoms with Crippen molar-refractivity contribution in [3.8, 4) is 0 Å². The quantitative estimate of drug-likeness (QED) is 0.850. The van der Waals surface area contributed by atoms with Gasteiger partial charge in [-0.05, 0) is 24.2 Å². The third-order valence-corrected chi connectivity index (χ3v) is 6.20. The maximum Gasteiger partial charge on any atom is 0.230 e. The van der Waals surface area contributed by atoms with Crippen molar-refractivity contribution in [2.24, 2.45) is 11.3 Å². The van der Waals surface area contributed by atoms with E-state index in [4.69, 9.17) is 0 Å². The Kier molecular flexibility index (Phi) is 3.59. The first-order chi connectivity index (χ1) is 9.62. The molecule has 3 atom stereocenters. The van der Waals surface area contributed by atoms with Gasteiger partial charge in [-0.1, -0.05) is 37.3 Å². The molecule has 2 amide bonds. The lowest BCUT2D eigenvalue weighted by Crippen LogP contribution is -2.55. The van der Waals surface area contributed by atoms with E-state index in [0.717, 1.165) is 18.6 Å². The van der Waals surface area contributed by atoms with Crippen molar-refractivity contribution in [3.05, 3.63) is 35.9 Å². The molecule has 106 valence electrons. The first-order valence-corrected chi connectivity index (χ1v) is 8.16. The van der Waals surface area contributed by atoms with Gasteiger partial charge in [0.2, 0.25) is 11.8 Å². The largest absolute Gasteiger partial charge is 0.296 e. The van der Waals surface area contributed by atoms with E-state index in [9.17, 15) is 9.59 Å².